The molecular formula is C15H19N3O2S. The summed E-state index contributed by atoms with van der Waals surface area (Å²) >= 11 is 1.72. The van der Waals surface area contributed by atoms with E-state index in [-0.39, 0.29) is 29.6 Å². The third-order valence-electron chi connectivity index (χ3n) is 4.36. The lowest BCUT2D eigenvalue weighted by Gasteiger charge is -2.22. The van der Waals surface area contributed by atoms with Crippen LogP contribution in [0.2, 0.25) is 0 Å². The summed E-state index contributed by atoms with van der Waals surface area (Å²) in [5, 5.41) is 15.0. The van der Waals surface area contributed by atoms with Gasteiger partial charge < -0.3 is 16.3 Å². The summed E-state index contributed by atoms with van der Waals surface area (Å²) < 4.78 is 0. The predicted molar refractivity (Wildman–Crippen MR) is 82.6 cm³/mol. The van der Waals surface area contributed by atoms with Crippen LogP contribution in [0, 0.1) is 5.92 Å². The van der Waals surface area contributed by atoms with Gasteiger partial charge in [-0.2, -0.15) is 0 Å². The zero-order valence-electron chi connectivity index (χ0n) is 11.7. The van der Waals surface area contributed by atoms with Gasteiger partial charge in [0, 0.05) is 22.6 Å². The van der Waals surface area contributed by atoms with Crippen molar-refractivity contribution in [2.24, 2.45) is 16.8 Å². The third-order valence-corrected chi connectivity index (χ3v) is 5.54. The van der Waals surface area contributed by atoms with Gasteiger partial charge in [-0.1, -0.05) is 29.8 Å². The number of nitrogens with zero attached hydrogens (tertiary/aromatic N) is 1. The average molecular weight is 305 g/mol. The number of carbonyl (C=O) groups excluding carboxylic acids is 1. The third kappa shape index (κ3) is 2.72. The second kappa shape index (κ2) is 5.97. The Morgan fingerprint density at radius 3 is 3.00 bits per heavy atom. The molecule has 0 saturated heterocycles. The Morgan fingerprint density at radius 2 is 2.19 bits per heavy atom. The zero-order chi connectivity index (χ0) is 14.8. The van der Waals surface area contributed by atoms with Crippen molar-refractivity contribution in [1.29, 1.82) is 0 Å². The Balaban J connectivity index is 1.70. The van der Waals surface area contributed by atoms with Crippen LogP contribution in [0.5, 0.6) is 0 Å². The van der Waals surface area contributed by atoms with E-state index in [1.165, 1.54) is 4.90 Å². The molecule has 3 atom stereocenters. The van der Waals surface area contributed by atoms with Crippen molar-refractivity contribution < 1.29 is 10.0 Å². The fourth-order valence-corrected chi connectivity index (χ4v) is 4.45. The molecule has 1 aromatic carbocycles. The average Bonchev–Trinajstić information content (AvgIpc) is 3.12. The molecule has 21 heavy (non-hydrogen) atoms. The number of fused-ring (bicyclic) bond motifs is 1. The lowest BCUT2D eigenvalue weighted by atomic mass is 9.98. The molecule has 1 fully saturated rings. The van der Waals surface area contributed by atoms with Crippen LogP contribution in [-0.2, 0) is 4.79 Å². The summed E-state index contributed by atoms with van der Waals surface area (Å²) in [6, 6.07) is 8.03. The smallest absolute Gasteiger partial charge is 0.228 e. The van der Waals surface area contributed by atoms with Crippen LogP contribution in [0.4, 0.5) is 0 Å². The van der Waals surface area contributed by atoms with Gasteiger partial charge in [0.25, 0.3) is 0 Å². The highest BCUT2D eigenvalue weighted by molar-refractivity contribution is 7.99. The molecule has 0 spiro atoms. The molecule has 1 aromatic rings. The summed E-state index contributed by atoms with van der Waals surface area (Å²) in [5.41, 5.74) is 6.83. The van der Waals surface area contributed by atoms with E-state index in [1.54, 1.807) is 11.8 Å². The number of oxime groups is 1. The summed E-state index contributed by atoms with van der Waals surface area (Å²) in [7, 11) is 0. The molecule has 0 radical (unpaired) electrons. The first-order chi connectivity index (χ1) is 10.2. The molecule has 1 aliphatic carbocycles. The van der Waals surface area contributed by atoms with E-state index < -0.39 is 0 Å². The van der Waals surface area contributed by atoms with Crippen LogP contribution in [0.1, 0.15) is 30.7 Å². The van der Waals surface area contributed by atoms with Crippen LogP contribution in [0.3, 0.4) is 0 Å². The Hall–Kier alpha value is -1.69. The Bertz CT molecular complexity index is 576. The molecule has 4 N–H and O–H groups in total. The van der Waals surface area contributed by atoms with E-state index in [2.05, 4.69) is 16.5 Å². The molecule has 3 unspecified atom stereocenters. The quantitative estimate of drug-likeness (QED) is 0.344. The molecule has 1 saturated carbocycles. The molecule has 112 valence electrons. The molecule has 6 heteroatoms. The number of carbonyl (C=O) groups is 1. The summed E-state index contributed by atoms with van der Waals surface area (Å²) in [4.78, 5) is 13.7. The van der Waals surface area contributed by atoms with E-state index in [0.717, 1.165) is 30.6 Å². The number of benzene rings is 1. The molecule has 5 nitrogen and oxygen atoms in total. The predicted octanol–water partition coefficient (Wildman–Crippen LogP) is 1.91. The number of amidine groups is 1. The minimum absolute atomic E-state index is 0.0221. The first-order valence-corrected chi connectivity index (χ1v) is 8.18. The fourth-order valence-electron chi connectivity index (χ4n) is 3.22. The summed E-state index contributed by atoms with van der Waals surface area (Å²) in [5.74, 6) is 0.906. The van der Waals surface area contributed by atoms with E-state index >= 15 is 0 Å². The topological polar surface area (TPSA) is 87.7 Å². The molecular weight excluding hydrogens is 286 g/mol. The van der Waals surface area contributed by atoms with Crippen LogP contribution < -0.4 is 11.1 Å². The monoisotopic (exact) mass is 305 g/mol. The van der Waals surface area contributed by atoms with Crippen molar-refractivity contribution in [3.8, 4) is 0 Å². The fraction of sp³-hybridized carbons (Fsp3) is 0.467. The number of nitrogens with one attached hydrogen (secondary N) is 1. The minimum atomic E-state index is -0.0975. The van der Waals surface area contributed by atoms with Gasteiger partial charge in [0.05, 0.1) is 5.92 Å². The van der Waals surface area contributed by atoms with Gasteiger partial charge in [-0.05, 0) is 24.5 Å². The number of rotatable bonds is 3. The maximum Gasteiger partial charge on any atom is 0.228 e. The van der Waals surface area contributed by atoms with Gasteiger partial charge >= 0.3 is 0 Å². The van der Waals surface area contributed by atoms with E-state index in [1.807, 2.05) is 18.2 Å². The zero-order valence-corrected chi connectivity index (χ0v) is 12.5. The Labute approximate surface area is 128 Å². The Morgan fingerprint density at radius 1 is 1.38 bits per heavy atom. The first kappa shape index (κ1) is 14.3. The van der Waals surface area contributed by atoms with Gasteiger partial charge in [-0.25, -0.2) is 0 Å². The Kier molecular flexibility index (Phi) is 4.05. The normalized spacial score (nSPS) is 28.4. The molecule has 1 heterocycles. The molecule has 3 rings (SSSR count). The molecule has 0 aromatic heterocycles. The van der Waals surface area contributed by atoms with E-state index in [4.69, 9.17) is 10.9 Å². The van der Waals surface area contributed by atoms with Gasteiger partial charge in [0.1, 0.15) is 5.84 Å². The highest BCUT2D eigenvalue weighted by Crippen LogP contribution is 2.39. The van der Waals surface area contributed by atoms with Crippen molar-refractivity contribution in [1.82, 2.24) is 5.32 Å². The first-order valence-electron chi connectivity index (χ1n) is 7.20. The number of hydrogen-bond donors (Lipinski definition) is 3. The molecule has 2 aliphatic rings. The van der Waals surface area contributed by atoms with Crippen molar-refractivity contribution in [2.75, 3.05) is 5.75 Å². The highest BCUT2D eigenvalue weighted by Gasteiger charge is 2.35. The standard InChI is InChI=1S/C15H19N3O2S/c16-14(18-20)10-5-3-6-12(10)17-15(19)11-8-21-13-7-2-1-4-9(11)13/h1-2,4,7,10-12,20H,3,5-6,8H2,(H2,16,18)(H,17,19). The van der Waals surface area contributed by atoms with Gasteiger partial charge in [-0.15, -0.1) is 11.8 Å². The van der Waals surface area contributed by atoms with Crippen molar-refractivity contribution in [3.63, 3.8) is 0 Å². The van der Waals surface area contributed by atoms with Crippen molar-refractivity contribution in [3.05, 3.63) is 29.8 Å². The van der Waals surface area contributed by atoms with Crippen molar-refractivity contribution >= 4 is 23.5 Å². The summed E-state index contributed by atoms with van der Waals surface area (Å²) in [6.45, 7) is 0. The number of nitrogens with two attached hydrogens (primary N) is 1. The number of amides is 1. The maximum atomic E-state index is 12.6. The van der Waals surface area contributed by atoms with Crippen LogP contribution >= 0.6 is 11.8 Å². The highest BCUT2D eigenvalue weighted by atomic mass is 32.2. The number of hydrogen-bond acceptors (Lipinski definition) is 4. The van der Waals surface area contributed by atoms with Gasteiger partial charge in [0.15, 0.2) is 0 Å². The second-order valence-electron chi connectivity index (χ2n) is 5.58. The number of thioether (sulfide) groups is 1. The second-order valence-corrected chi connectivity index (χ2v) is 6.64. The molecule has 1 amide bonds. The SMILES string of the molecule is NC(=NO)C1CCCC1NC(=O)C1CSc2ccccc21. The largest absolute Gasteiger partial charge is 0.409 e. The van der Waals surface area contributed by atoms with Crippen molar-refractivity contribution in [2.45, 2.75) is 36.1 Å². The molecule has 0 bridgehead atoms. The lowest BCUT2D eigenvalue weighted by molar-refractivity contribution is -0.122. The van der Waals surface area contributed by atoms with E-state index in [0.29, 0.717) is 0 Å². The minimum Gasteiger partial charge on any atom is -0.409 e. The van der Waals surface area contributed by atoms with Gasteiger partial charge in [-0.3, -0.25) is 4.79 Å². The van der Waals surface area contributed by atoms with E-state index in [9.17, 15) is 4.79 Å². The summed E-state index contributed by atoms with van der Waals surface area (Å²) in [6.07, 6.45) is 2.73. The van der Waals surface area contributed by atoms with Crippen LogP contribution in [0.25, 0.3) is 0 Å². The maximum absolute atomic E-state index is 12.6. The van der Waals surface area contributed by atoms with Crippen LogP contribution in [0.15, 0.2) is 34.3 Å². The molecule has 1 aliphatic heterocycles. The van der Waals surface area contributed by atoms with Crippen LogP contribution in [-0.4, -0.2) is 28.7 Å². The lowest BCUT2D eigenvalue weighted by Crippen LogP contribution is -2.44. The van der Waals surface area contributed by atoms with Gasteiger partial charge in [0.2, 0.25) is 5.91 Å².